The smallest absolute Gasteiger partial charge is 0.271 e. The van der Waals surface area contributed by atoms with E-state index in [1.807, 2.05) is 35.8 Å². The van der Waals surface area contributed by atoms with E-state index < -0.39 is 4.92 Å². The lowest BCUT2D eigenvalue weighted by molar-refractivity contribution is -0.384. The molecule has 9 nitrogen and oxygen atoms in total. The van der Waals surface area contributed by atoms with Crippen LogP contribution in [0.4, 0.5) is 11.4 Å². The van der Waals surface area contributed by atoms with Crippen molar-refractivity contribution in [3.05, 3.63) is 69.0 Å². The molecule has 0 radical (unpaired) electrons. The van der Waals surface area contributed by atoms with Gasteiger partial charge >= 0.3 is 0 Å². The molecular weight excluding hydrogens is 478 g/mol. The van der Waals surface area contributed by atoms with E-state index in [1.54, 1.807) is 0 Å². The number of nitrogens with zero attached hydrogens (tertiary/aromatic N) is 4. The molecule has 2 aromatic carbocycles. The summed E-state index contributed by atoms with van der Waals surface area (Å²) in [5.74, 6) is 1.05. The number of rotatable bonds is 9. The summed E-state index contributed by atoms with van der Waals surface area (Å²) in [5, 5.41) is 22.7. The number of nitro groups is 1. The second-order valence-corrected chi connectivity index (χ2v) is 9.81. The highest BCUT2D eigenvalue weighted by atomic mass is 35.5. The third-order valence-corrected chi connectivity index (χ3v) is 6.26. The minimum Gasteiger partial charge on any atom is -0.486 e. The lowest BCUT2D eigenvalue weighted by atomic mass is 9.87. The first-order chi connectivity index (χ1) is 16.1. The number of hydrogen-bond acceptors (Lipinski definition) is 7. The zero-order chi connectivity index (χ0) is 24.9. The van der Waals surface area contributed by atoms with Crippen LogP contribution in [0.25, 0.3) is 0 Å². The SMILES string of the molecule is CCn1c(COc2ccc(C(C)(C)C)cc2)nnc1SCC(=O)Nc1cc([N+](=O)[O-])ccc1Cl. The van der Waals surface area contributed by atoms with E-state index in [9.17, 15) is 14.9 Å². The van der Waals surface area contributed by atoms with Gasteiger partial charge in [-0.3, -0.25) is 14.9 Å². The molecule has 0 bridgehead atoms. The van der Waals surface area contributed by atoms with E-state index in [1.165, 1.54) is 35.5 Å². The van der Waals surface area contributed by atoms with Crippen LogP contribution >= 0.6 is 23.4 Å². The number of nitro benzene ring substituents is 1. The van der Waals surface area contributed by atoms with E-state index in [0.717, 1.165) is 5.75 Å². The van der Waals surface area contributed by atoms with Gasteiger partial charge in [0.1, 0.15) is 12.4 Å². The third kappa shape index (κ3) is 6.48. The molecule has 0 saturated heterocycles. The molecule has 1 heterocycles. The fraction of sp³-hybridized carbons (Fsp3) is 0.348. The first-order valence-corrected chi connectivity index (χ1v) is 12.0. The molecule has 34 heavy (non-hydrogen) atoms. The topological polar surface area (TPSA) is 112 Å². The molecule has 0 atom stereocenters. The Labute approximate surface area is 207 Å². The number of nitrogens with one attached hydrogen (secondary N) is 1. The van der Waals surface area contributed by atoms with Crippen LogP contribution < -0.4 is 10.1 Å². The summed E-state index contributed by atoms with van der Waals surface area (Å²) >= 11 is 7.25. The van der Waals surface area contributed by atoms with Crippen molar-refractivity contribution in [2.24, 2.45) is 0 Å². The van der Waals surface area contributed by atoms with Gasteiger partial charge in [0, 0.05) is 18.7 Å². The normalized spacial score (nSPS) is 11.3. The predicted octanol–water partition coefficient (Wildman–Crippen LogP) is 5.47. The minimum atomic E-state index is -0.549. The highest BCUT2D eigenvalue weighted by molar-refractivity contribution is 7.99. The van der Waals surface area contributed by atoms with E-state index in [2.05, 4.69) is 36.3 Å². The highest BCUT2D eigenvalue weighted by Crippen LogP contribution is 2.28. The number of benzene rings is 2. The Morgan fingerprint density at radius 2 is 1.91 bits per heavy atom. The number of amides is 1. The van der Waals surface area contributed by atoms with Crippen LogP contribution in [0.15, 0.2) is 47.6 Å². The van der Waals surface area contributed by atoms with Crippen molar-refractivity contribution < 1.29 is 14.5 Å². The first kappa shape index (κ1) is 25.5. The number of ether oxygens (including phenoxy) is 1. The van der Waals surface area contributed by atoms with E-state index in [-0.39, 0.29) is 40.1 Å². The van der Waals surface area contributed by atoms with Crippen molar-refractivity contribution in [3.8, 4) is 5.75 Å². The van der Waals surface area contributed by atoms with Crippen molar-refractivity contribution in [1.82, 2.24) is 14.8 Å². The van der Waals surface area contributed by atoms with Crippen LogP contribution in [0.3, 0.4) is 0 Å². The molecule has 0 spiro atoms. The van der Waals surface area contributed by atoms with Crippen molar-refractivity contribution in [3.63, 3.8) is 0 Å². The van der Waals surface area contributed by atoms with Crippen molar-refractivity contribution in [2.45, 2.75) is 51.4 Å². The number of anilines is 1. The van der Waals surface area contributed by atoms with Crippen molar-refractivity contribution in [1.29, 1.82) is 0 Å². The molecule has 0 aliphatic carbocycles. The maximum atomic E-state index is 12.4. The second kappa shape index (κ2) is 10.9. The van der Waals surface area contributed by atoms with E-state index in [0.29, 0.717) is 17.5 Å². The maximum Gasteiger partial charge on any atom is 0.271 e. The summed E-state index contributed by atoms with van der Waals surface area (Å²) in [6, 6.07) is 11.8. The lowest BCUT2D eigenvalue weighted by Gasteiger charge is -2.19. The summed E-state index contributed by atoms with van der Waals surface area (Å²) in [4.78, 5) is 22.8. The molecule has 0 saturated carbocycles. The molecule has 0 aliphatic rings. The number of halogens is 1. The highest BCUT2D eigenvalue weighted by Gasteiger charge is 2.17. The predicted molar refractivity (Wildman–Crippen MR) is 133 cm³/mol. The Balaban J connectivity index is 1.59. The molecule has 180 valence electrons. The molecule has 11 heteroatoms. The average molecular weight is 504 g/mol. The summed E-state index contributed by atoms with van der Waals surface area (Å²) in [6.07, 6.45) is 0. The molecule has 1 N–H and O–H groups in total. The van der Waals surface area contributed by atoms with Gasteiger partial charge in [-0.1, -0.05) is 56.3 Å². The quantitative estimate of drug-likeness (QED) is 0.234. The van der Waals surface area contributed by atoms with Gasteiger partial charge < -0.3 is 14.6 Å². The summed E-state index contributed by atoms with van der Waals surface area (Å²) in [7, 11) is 0. The summed E-state index contributed by atoms with van der Waals surface area (Å²) < 4.78 is 7.76. The Bertz CT molecular complexity index is 1180. The molecule has 3 rings (SSSR count). The standard InChI is InChI=1S/C23H26ClN5O4S/c1-5-28-20(13-33-17-9-6-15(7-10-17)23(2,3)4)26-27-22(28)34-14-21(30)25-19-12-16(29(31)32)8-11-18(19)24/h6-12H,5,13-14H2,1-4H3,(H,25,30). The van der Waals surface area contributed by atoms with Crippen molar-refractivity contribution >= 4 is 40.6 Å². The van der Waals surface area contributed by atoms with Crippen LogP contribution in [-0.2, 0) is 23.4 Å². The van der Waals surface area contributed by atoms with Crippen LogP contribution in [0.5, 0.6) is 5.75 Å². The van der Waals surface area contributed by atoms with Gasteiger partial charge in [0.15, 0.2) is 11.0 Å². The molecule has 1 aromatic heterocycles. The van der Waals surface area contributed by atoms with Crippen LogP contribution in [-0.4, -0.2) is 31.3 Å². The second-order valence-electron chi connectivity index (χ2n) is 8.46. The molecule has 0 unspecified atom stereocenters. The van der Waals surface area contributed by atoms with Gasteiger partial charge in [-0.15, -0.1) is 10.2 Å². The monoisotopic (exact) mass is 503 g/mol. The van der Waals surface area contributed by atoms with Gasteiger partial charge in [-0.25, -0.2) is 0 Å². The van der Waals surface area contributed by atoms with Gasteiger partial charge in [0.2, 0.25) is 5.91 Å². The lowest BCUT2D eigenvalue weighted by Crippen LogP contribution is -2.15. The summed E-state index contributed by atoms with van der Waals surface area (Å²) in [6.45, 7) is 9.28. The number of carbonyl (C=O) groups excluding carboxylic acids is 1. The first-order valence-electron chi connectivity index (χ1n) is 10.6. The minimum absolute atomic E-state index is 0.0340. The fourth-order valence-electron chi connectivity index (χ4n) is 3.09. The van der Waals surface area contributed by atoms with Gasteiger partial charge in [-0.2, -0.15) is 0 Å². The number of carbonyl (C=O) groups is 1. The third-order valence-electron chi connectivity index (χ3n) is 4.97. The van der Waals surface area contributed by atoms with Gasteiger partial charge in [0.25, 0.3) is 5.69 Å². The molecule has 0 fully saturated rings. The summed E-state index contributed by atoms with van der Waals surface area (Å²) in [5.41, 5.74) is 1.32. The van der Waals surface area contributed by atoms with Crippen molar-refractivity contribution in [2.75, 3.05) is 11.1 Å². The Morgan fingerprint density at radius 3 is 2.53 bits per heavy atom. The average Bonchev–Trinajstić information content (AvgIpc) is 3.19. The molecule has 0 aliphatic heterocycles. The molecular formula is C23H26ClN5O4S. The number of hydrogen-bond donors (Lipinski definition) is 1. The van der Waals surface area contributed by atoms with Crippen LogP contribution in [0.1, 0.15) is 39.1 Å². The van der Waals surface area contributed by atoms with Gasteiger partial charge in [0.05, 0.1) is 21.4 Å². The zero-order valence-corrected chi connectivity index (χ0v) is 20.9. The fourth-order valence-corrected chi connectivity index (χ4v) is 4.07. The van der Waals surface area contributed by atoms with Gasteiger partial charge in [-0.05, 0) is 36.1 Å². The zero-order valence-electron chi connectivity index (χ0n) is 19.4. The Kier molecular flexibility index (Phi) is 8.16. The van der Waals surface area contributed by atoms with Crippen LogP contribution in [0, 0.1) is 10.1 Å². The molecule has 3 aromatic rings. The largest absolute Gasteiger partial charge is 0.486 e. The Morgan fingerprint density at radius 1 is 1.21 bits per heavy atom. The number of non-ortho nitro benzene ring substituents is 1. The van der Waals surface area contributed by atoms with E-state index in [4.69, 9.17) is 16.3 Å². The molecule has 1 amide bonds. The maximum absolute atomic E-state index is 12.4. The number of thioether (sulfide) groups is 1. The van der Waals surface area contributed by atoms with Crippen LogP contribution in [0.2, 0.25) is 5.02 Å². The Hall–Kier alpha value is -3.11. The number of aromatic nitrogens is 3. The van der Waals surface area contributed by atoms with E-state index >= 15 is 0 Å².